The maximum Gasteiger partial charge on any atom is 0.264 e. The van der Waals surface area contributed by atoms with Crippen molar-refractivity contribution in [2.24, 2.45) is 0 Å². The Bertz CT molecular complexity index is 730. The number of carbonyl (C=O) groups excluding carboxylic acids is 2. The van der Waals surface area contributed by atoms with Gasteiger partial charge in [-0.15, -0.1) is 11.3 Å². The fourth-order valence-corrected chi connectivity index (χ4v) is 3.75. The number of piperazine rings is 1. The molecule has 1 aliphatic heterocycles. The molecule has 0 aliphatic carbocycles. The molecule has 3 rings (SSSR count). The average Bonchev–Trinajstić information content (AvgIpc) is 3.16. The van der Waals surface area contributed by atoms with Crippen LogP contribution in [-0.2, 0) is 0 Å². The lowest BCUT2D eigenvalue weighted by Crippen LogP contribution is -2.50. The number of rotatable bonds is 5. The Labute approximate surface area is 159 Å². The highest BCUT2D eigenvalue weighted by molar-refractivity contribution is 9.10. The first kappa shape index (κ1) is 18.0. The molecule has 1 fully saturated rings. The third kappa shape index (κ3) is 4.87. The van der Waals surface area contributed by atoms with Crippen molar-refractivity contribution >= 4 is 39.1 Å². The fraction of sp³-hybridized carbons (Fsp3) is 0.353. The van der Waals surface area contributed by atoms with Crippen LogP contribution in [0.1, 0.15) is 20.0 Å². The highest BCUT2D eigenvalue weighted by Gasteiger charge is 2.22. The topological polar surface area (TPSA) is 65.5 Å². The highest BCUT2D eigenvalue weighted by atomic mass is 79.9. The van der Waals surface area contributed by atoms with Crippen molar-refractivity contribution in [1.82, 2.24) is 20.1 Å². The molecule has 3 heterocycles. The Balaban J connectivity index is 1.39. The molecule has 132 valence electrons. The molecule has 0 atom stereocenters. The first-order valence-corrected chi connectivity index (χ1v) is 9.74. The van der Waals surface area contributed by atoms with Gasteiger partial charge in [0.1, 0.15) is 0 Å². The summed E-state index contributed by atoms with van der Waals surface area (Å²) in [5.74, 6) is -0.00887. The molecule has 1 saturated heterocycles. The number of hydrogen-bond acceptors (Lipinski definition) is 5. The SMILES string of the molecule is O=C(NCCN1CCN(C(=O)c2cccs2)CC1)c1cncc(Br)c1. The van der Waals surface area contributed by atoms with Gasteiger partial charge in [-0.1, -0.05) is 6.07 Å². The average molecular weight is 423 g/mol. The minimum absolute atomic E-state index is 0.116. The van der Waals surface area contributed by atoms with Crippen molar-refractivity contribution < 1.29 is 9.59 Å². The maximum absolute atomic E-state index is 12.3. The first-order chi connectivity index (χ1) is 12.1. The number of carbonyl (C=O) groups is 2. The van der Waals surface area contributed by atoms with E-state index in [1.807, 2.05) is 22.4 Å². The third-order valence-corrected chi connectivity index (χ3v) is 5.36. The molecule has 2 aromatic heterocycles. The second-order valence-electron chi connectivity index (χ2n) is 5.76. The molecule has 6 nitrogen and oxygen atoms in total. The zero-order valence-corrected chi connectivity index (χ0v) is 16.1. The molecular weight excluding hydrogens is 404 g/mol. The number of hydrogen-bond donors (Lipinski definition) is 1. The van der Waals surface area contributed by atoms with E-state index < -0.39 is 0 Å². The van der Waals surface area contributed by atoms with Crippen molar-refractivity contribution in [1.29, 1.82) is 0 Å². The molecule has 2 amide bonds. The molecule has 0 radical (unpaired) electrons. The zero-order chi connectivity index (χ0) is 17.6. The van der Waals surface area contributed by atoms with E-state index in [9.17, 15) is 9.59 Å². The van der Waals surface area contributed by atoms with Gasteiger partial charge in [0, 0.05) is 56.1 Å². The number of thiophene rings is 1. The summed E-state index contributed by atoms with van der Waals surface area (Å²) < 4.78 is 0.784. The van der Waals surface area contributed by atoms with Crippen LogP contribution in [0.5, 0.6) is 0 Å². The van der Waals surface area contributed by atoms with Gasteiger partial charge in [-0.05, 0) is 33.4 Å². The van der Waals surface area contributed by atoms with E-state index in [4.69, 9.17) is 0 Å². The molecule has 25 heavy (non-hydrogen) atoms. The largest absolute Gasteiger partial charge is 0.351 e. The Morgan fingerprint density at radius 3 is 2.72 bits per heavy atom. The van der Waals surface area contributed by atoms with Gasteiger partial charge in [0.05, 0.1) is 10.4 Å². The lowest BCUT2D eigenvalue weighted by atomic mass is 10.2. The molecular formula is C17H19BrN4O2S. The van der Waals surface area contributed by atoms with Gasteiger partial charge in [0.2, 0.25) is 0 Å². The summed E-state index contributed by atoms with van der Waals surface area (Å²) in [5, 5.41) is 4.83. The van der Waals surface area contributed by atoms with Crippen molar-refractivity contribution in [2.75, 3.05) is 39.3 Å². The minimum Gasteiger partial charge on any atom is -0.351 e. The quantitative estimate of drug-likeness (QED) is 0.800. The van der Waals surface area contributed by atoms with Crippen molar-refractivity contribution in [2.45, 2.75) is 0 Å². The van der Waals surface area contributed by atoms with E-state index in [0.717, 1.165) is 42.1 Å². The fourth-order valence-electron chi connectivity index (χ4n) is 2.70. The summed E-state index contributed by atoms with van der Waals surface area (Å²) in [6.45, 7) is 4.44. The number of halogens is 1. The molecule has 8 heteroatoms. The number of nitrogens with zero attached hydrogens (tertiary/aromatic N) is 3. The highest BCUT2D eigenvalue weighted by Crippen LogP contribution is 2.13. The van der Waals surface area contributed by atoms with E-state index in [1.165, 1.54) is 11.3 Å². The Kier molecular flexibility index (Phi) is 6.17. The van der Waals surface area contributed by atoms with E-state index in [2.05, 4.69) is 31.1 Å². The smallest absolute Gasteiger partial charge is 0.264 e. The zero-order valence-electron chi connectivity index (χ0n) is 13.7. The molecule has 0 aromatic carbocycles. The van der Waals surface area contributed by atoms with E-state index >= 15 is 0 Å². The first-order valence-electron chi connectivity index (χ1n) is 8.07. The summed E-state index contributed by atoms with van der Waals surface area (Å²) in [6.07, 6.45) is 3.20. The van der Waals surface area contributed by atoms with E-state index in [0.29, 0.717) is 12.1 Å². The molecule has 0 saturated carbocycles. The molecule has 0 spiro atoms. The van der Waals surface area contributed by atoms with Crippen LogP contribution in [0.2, 0.25) is 0 Å². The van der Waals surface area contributed by atoms with Crippen LogP contribution in [0, 0.1) is 0 Å². The molecule has 1 N–H and O–H groups in total. The van der Waals surface area contributed by atoms with Crippen LogP contribution in [0.4, 0.5) is 0 Å². The van der Waals surface area contributed by atoms with Gasteiger partial charge in [-0.2, -0.15) is 0 Å². The molecule has 1 aliphatic rings. The van der Waals surface area contributed by atoms with Gasteiger partial charge in [-0.3, -0.25) is 19.5 Å². The summed E-state index contributed by atoms with van der Waals surface area (Å²) in [4.78, 5) is 33.3. The standard InChI is InChI=1S/C17H19BrN4O2S/c18-14-10-13(11-19-12-14)16(23)20-3-4-21-5-7-22(8-6-21)17(24)15-2-1-9-25-15/h1-2,9-12H,3-8H2,(H,20,23). The second kappa shape index (κ2) is 8.55. The maximum atomic E-state index is 12.3. The lowest BCUT2D eigenvalue weighted by Gasteiger charge is -2.34. The molecule has 2 aromatic rings. The third-order valence-electron chi connectivity index (χ3n) is 4.07. The summed E-state index contributed by atoms with van der Waals surface area (Å²) in [6, 6.07) is 5.51. The van der Waals surface area contributed by atoms with Crippen molar-refractivity contribution in [3.05, 3.63) is 50.9 Å². The summed E-state index contributed by atoms with van der Waals surface area (Å²) in [7, 11) is 0. The Hall–Kier alpha value is -1.77. The normalized spacial score (nSPS) is 15.2. The van der Waals surface area contributed by atoms with Crippen LogP contribution >= 0.6 is 27.3 Å². The Morgan fingerprint density at radius 1 is 1.24 bits per heavy atom. The van der Waals surface area contributed by atoms with Crippen molar-refractivity contribution in [3.63, 3.8) is 0 Å². The Morgan fingerprint density at radius 2 is 2.04 bits per heavy atom. The number of pyridine rings is 1. The second-order valence-corrected chi connectivity index (χ2v) is 7.62. The summed E-state index contributed by atoms with van der Waals surface area (Å²) in [5.41, 5.74) is 0.542. The monoisotopic (exact) mass is 422 g/mol. The van der Waals surface area contributed by atoms with Crippen LogP contribution < -0.4 is 5.32 Å². The molecule has 0 unspecified atom stereocenters. The number of nitrogens with one attached hydrogen (secondary N) is 1. The lowest BCUT2D eigenvalue weighted by molar-refractivity contribution is 0.0643. The van der Waals surface area contributed by atoms with Crippen LogP contribution in [-0.4, -0.2) is 65.9 Å². The van der Waals surface area contributed by atoms with Crippen LogP contribution in [0.15, 0.2) is 40.4 Å². The van der Waals surface area contributed by atoms with Gasteiger partial charge in [0.15, 0.2) is 0 Å². The van der Waals surface area contributed by atoms with Crippen LogP contribution in [0.25, 0.3) is 0 Å². The van der Waals surface area contributed by atoms with Gasteiger partial charge < -0.3 is 10.2 Å². The van der Waals surface area contributed by atoms with Crippen molar-refractivity contribution in [3.8, 4) is 0 Å². The van der Waals surface area contributed by atoms with Crippen LogP contribution in [0.3, 0.4) is 0 Å². The minimum atomic E-state index is -0.125. The number of aromatic nitrogens is 1. The van der Waals surface area contributed by atoms with E-state index in [1.54, 1.807) is 18.5 Å². The predicted octanol–water partition coefficient (Wildman–Crippen LogP) is 2.09. The van der Waals surface area contributed by atoms with Gasteiger partial charge in [-0.25, -0.2) is 0 Å². The van der Waals surface area contributed by atoms with Gasteiger partial charge >= 0.3 is 0 Å². The summed E-state index contributed by atoms with van der Waals surface area (Å²) >= 11 is 4.79. The van der Waals surface area contributed by atoms with Gasteiger partial charge in [0.25, 0.3) is 11.8 Å². The number of amides is 2. The predicted molar refractivity (Wildman–Crippen MR) is 101 cm³/mol. The van der Waals surface area contributed by atoms with E-state index in [-0.39, 0.29) is 11.8 Å². The molecule has 0 bridgehead atoms.